The molecule has 5 nitrogen and oxygen atoms in total. The van der Waals surface area contributed by atoms with E-state index < -0.39 is 0 Å². The van der Waals surface area contributed by atoms with Crippen molar-refractivity contribution in [3.05, 3.63) is 6.07 Å². The summed E-state index contributed by atoms with van der Waals surface area (Å²) in [5.74, 6) is 2.50. The minimum Gasteiger partial charge on any atom is -0.370 e. The second-order valence-electron chi connectivity index (χ2n) is 4.54. The van der Waals surface area contributed by atoms with Gasteiger partial charge in [-0.05, 0) is 19.8 Å². The molecule has 0 aliphatic rings. The Labute approximate surface area is 110 Å². The van der Waals surface area contributed by atoms with Gasteiger partial charge >= 0.3 is 0 Å². The fourth-order valence-electron chi connectivity index (χ4n) is 2.16. The van der Waals surface area contributed by atoms with Gasteiger partial charge in [-0.1, -0.05) is 26.7 Å². The molecule has 0 amide bonds. The Morgan fingerprint density at radius 1 is 1.17 bits per heavy atom. The minimum atomic E-state index is 0.299. The lowest BCUT2D eigenvalue weighted by Gasteiger charge is -2.23. The molecule has 0 saturated carbocycles. The minimum absolute atomic E-state index is 0.299. The van der Waals surface area contributed by atoms with Crippen molar-refractivity contribution < 1.29 is 0 Å². The molecule has 102 valence electrons. The van der Waals surface area contributed by atoms with Crippen LogP contribution in [0.15, 0.2) is 6.07 Å². The standard InChI is InChI=1S/C13H25N5/c1-5-10(6-2)9(4)16-12-8-11(15-7-3)17-13(14)18-12/h8-10H,5-7H2,1-4H3,(H4,14,15,16,17,18). The summed E-state index contributed by atoms with van der Waals surface area (Å²) in [5, 5.41) is 6.56. The van der Waals surface area contributed by atoms with Crippen LogP contribution in [0.3, 0.4) is 0 Å². The molecule has 1 unspecified atom stereocenters. The zero-order chi connectivity index (χ0) is 13.5. The summed E-state index contributed by atoms with van der Waals surface area (Å²) in [6.45, 7) is 9.45. The number of aromatic nitrogens is 2. The van der Waals surface area contributed by atoms with Gasteiger partial charge in [-0.15, -0.1) is 0 Å². The van der Waals surface area contributed by atoms with Gasteiger partial charge in [0.15, 0.2) is 0 Å². The Bertz CT molecular complexity index is 362. The number of nitrogens with zero attached hydrogens (tertiary/aromatic N) is 2. The van der Waals surface area contributed by atoms with E-state index in [1.807, 2.05) is 13.0 Å². The molecule has 1 rings (SSSR count). The number of nitrogens with one attached hydrogen (secondary N) is 2. The van der Waals surface area contributed by atoms with E-state index in [2.05, 4.69) is 41.4 Å². The van der Waals surface area contributed by atoms with Crippen molar-refractivity contribution in [3.63, 3.8) is 0 Å². The van der Waals surface area contributed by atoms with Crippen LogP contribution in [0.1, 0.15) is 40.5 Å². The summed E-state index contributed by atoms with van der Waals surface area (Å²) < 4.78 is 0. The number of hydrogen-bond donors (Lipinski definition) is 3. The SMILES string of the molecule is CCNc1cc(NC(C)C(CC)CC)nc(N)n1. The Balaban J connectivity index is 2.77. The molecule has 0 aromatic carbocycles. The Kier molecular flexibility index (Phi) is 5.68. The molecule has 1 atom stereocenters. The second kappa shape index (κ2) is 7.03. The zero-order valence-corrected chi connectivity index (χ0v) is 11.8. The lowest BCUT2D eigenvalue weighted by Crippen LogP contribution is -2.25. The van der Waals surface area contributed by atoms with Crippen molar-refractivity contribution in [2.24, 2.45) is 5.92 Å². The Morgan fingerprint density at radius 2 is 1.78 bits per heavy atom. The number of rotatable bonds is 7. The van der Waals surface area contributed by atoms with Crippen molar-refractivity contribution in [2.75, 3.05) is 22.9 Å². The zero-order valence-electron chi connectivity index (χ0n) is 11.8. The molecule has 0 aliphatic carbocycles. The predicted molar refractivity (Wildman–Crippen MR) is 77.8 cm³/mol. The third-order valence-electron chi connectivity index (χ3n) is 3.23. The van der Waals surface area contributed by atoms with Gasteiger partial charge in [0.05, 0.1) is 0 Å². The van der Waals surface area contributed by atoms with E-state index in [9.17, 15) is 0 Å². The molecule has 1 aromatic heterocycles. The molecule has 18 heavy (non-hydrogen) atoms. The maximum absolute atomic E-state index is 5.70. The summed E-state index contributed by atoms with van der Waals surface area (Å²) in [7, 11) is 0. The van der Waals surface area contributed by atoms with Gasteiger partial charge in [0.2, 0.25) is 5.95 Å². The van der Waals surface area contributed by atoms with Gasteiger partial charge in [-0.3, -0.25) is 0 Å². The molecule has 0 aliphatic heterocycles. The summed E-state index contributed by atoms with van der Waals surface area (Å²) in [5.41, 5.74) is 5.70. The molecular formula is C13H25N5. The van der Waals surface area contributed by atoms with E-state index in [1.165, 1.54) is 0 Å². The molecule has 0 saturated heterocycles. The normalized spacial score (nSPS) is 12.5. The third kappa shape index (κ3) is 4.05. The van der Waals surface area contributed by atoms with Crippen LogP contribution in [-0.2, 0) is 0 Å². The fraction of sp³-hybridized carbons (Fsp3) is 0.692. The number of hydrogen-bond acceptors (Lipinski definition) is 5. The highest BCUT2D eigenvalue weighted by Gasteiger charge is 2.14. The van der Waals surface area contributed by atoms with Crippen LogP contribution in [-0.4, -0.2) is 22.6 Å². The molecule has 0 spiro atoms. The highest BCUT2D eigenvalue weighted by Crippen LogP contribution is 2.19. The summed E-state index contributed by atoms with van der Waals surface area (Å²) >= 11 is 0. The summed E-state index contributed by atoms with van der Waals surface area (Å²) in [6, 6.07) is 2.28. The van der Waals surface area contributed by atoms with Crippen molar-refractivity contribution in [2.45, 2.75) is 46.6 Å². The van der Waals surface area contributed by atoms with E-state index in [4.69, 9.17) is 5.73 Å². The van der Waals surface area contributed by atoms with Crippen LogP contribution in [0.5, 0.6) is 0 Å². The van der Waals surface area contributed by atoms with Crippen molar-refractivity contribution in [1.82, 2.24) is 9.97 Å². The number of nitrogen functional groups attached to an aromatic ring is 1. The second-order valence-corrected chi connectivity index (χ2v) is 4.54. The first-order valence-electron chi connectivity index (χ1n) is 6.75. The molecule has 1 heterocycles. The van der Waals surface area contributed by atoms with Crippen LogP contribution >= 0.6 is 0 Å². The lowest BCUT2D eigenvalue weighted by atomic mass is 9.95. The molecule has 0 bridgehead atoms. The van der Waals surface area contributed by atoms with E-state index in [0.717, 1.165) is 31.0 Å². The first-order valence-corrected chi connectivity index (χ1v) is 6.75. The van der Waals surface area contributed by atoms with E-state index in [-0.39, 0.29) is 0 Å². The quantitative estimate of drug-likeness (QED) is 0.694. The molecule has 4 N–H and O–H groups in total. The van der Waals surface area contributed by atoms with E-state index in [1.54, 1.807) is 0 Å². The van der Waals surface area contributed by atoms with Crippen molar-refractivity contribution >= 4 is 17.6 Å². The van der Waals surface area contributed by atoms with Crippen LogP contribution in [0.4, 0.5) is 17.6 Å². The smallest absolute Gasteiger partial charge is 0.223 e. The van der Waals surface area contributed by atoms with Gasteiger partial charge in [0, 0.05) is 18.7 Å². The van der Waals surface area contributed by atoms with E-state index >= 15 is 0 Å². The Morgan fingerprint density at radius 3 is 2.33 bits per heavy atom. The molecule has 1 aromatic rings. The topological polar surface area (TPSA) is 75.9 Å². The summed E-state index contributed by atoms with van der Waals surface area (Å²) in [6.07, 6.45) is 2.32. The van der Waals surface area contributed by atoms with E-state index in [0.29, 0.717) is 17.9 Å². The lowest BCUT2D eigenvalue weighted by molar-refractivity contribution is 0.437. The van der Waals surface area contributed by atoms with Crippen molar-refractivity contribution in [3.8, 4) is 0 Å². The maximum atomic E-state index is 5.70. The third-order valence-corrected chi connectivity index (χ3v) is 3.23. The molecular weight excluding hydrogens is 226 g/mol. The van der Waals surface area contributed by atoms with Crippen LogP contribution < -0.4 is 16.4 Å². The maximum Gasteiger partial charge on any atom is 0.223 e. The van der Waals surface area contributed by atoms with Gasteiger partial charge < -0.3 is 16.4 Å². The van der Waals surface area contributed by atoms with Gasteiger partial charge in [0.1, 0.15) is 11.6 Å². The first kappa shape index (κ1) is 14.5. The highest BCUT2D eigenvalue weighted by molar-refractivity contribution is 5.51. The average Bonchev–Trinajstić information content (AvgIpc) is 2.30. The molecule has 0 fully saturated rings. The van der Waals surface area contributed by atoms with Crippen LogP contribution in [0.2, 0.25) is 0 Å². The highest BCUT2D eigenvalue weighted by atomic mass is 15.1. The van der Waals surface area contributed by atoms with Crippen LogP contribution in [0.25, 0.3) is 0 Å². The predicted octanol–water partition coefficient (Wildman–Crippen LogP) is 2.73. The largest absolute Gasteiger partial charge is 0.370 e. The number of anilines is 3. The monoisotopic (exact) mass is 251 g/mol. The fourth-order valence-corrected chi connectivity index (χ4v) is 2.16. The Hall–Kier alpha value is -1.52. The molecule has 5 heteroatoms. The van der Waals surface area contributed by atoms with Crippen molar-refractivity contribution in [1.29, 1.82) is 0 Å². The van der Waals surface area contributed by atoms with Gasteiger partial charge in [0.25, 0.3) is 0 Å². The molecule has 0 radical (unpaired) electrons. The van der Waals surface area contributed by atoms with Crippen LogP contribution in [0, 0.1) is 5.92 Å². The number of nitrogens with two attached hydrogens (primary N) is 1. The summed E-state index contributed by atoms with van der Waals surface area (Å²) in [4.78, 5) is 8.35. The first-order chi connectivity index (χ1) is 8.60. The average molecular weight is 251 g/mol. The van der Waals surface area contributed by atoms with Gasteiger partial charge in [-0.25, -0.2) is 0 Å². The van der Waals surface area contributed by atoms with Gasteiger partial charge in [-0.2, -0.15) is 9.97 Å².